The number of hydrogen-bond donors (Lipinski definition) is 2. The summed E-state index contributed by atoms with van der Waals surface area (Å²) in [5.74, 6) is 0.0252. The van der Waals surface area contributed by atoms with Crippen molar-refractivity contribution in [3.8, 4) is 0 Å². The van der Waals surface area contributed by atoms with Crippen LogP contribution in [-0.4, -0.2) is 27.5 Å². The van der Waals surface area contributed by atoms with Gasteiger partial charge in [-0.3, -0.25) is 4.79 Å². The lowest BCUT2D eigenvalue weighted by Gasteiger charge is -2.15. The van der Waals surface area contributed by atoms with E-state index >= 15 is 0 Å². The van der Waals surface area contributed by atoms with Crippen LogP contribution in [0.1, 0.15) is 26.5 Å². The number of carbonyl (C=O) groups is 1. The maximum atomic E-state index is 11.6. The molecule has 0 aliphatic rings. The molecule has 0 fully saturated rings. The number of hydrogen-bond acceptors (Lipinski definition) is 3. The van der Waals surface area contributed by atoms with Crippen LogP contribution in [0.25, 0.3) is 0 Å². The quantitative estimate of drug-likeness (QED) is 0.762. The fourth-order valence-corrected chi connectivity index (χ4v) is 1.31. The third kappa shape index (κ3) is 3.66. The van der Waals surface area contributed by atoms with Crippen LogP contribution in [-0.2, 0) is 18.4 Å². The monoisotopic (exact) mass is 224 g/mol. The van der Waals surface area contributed by atoms with Gasteiger partial charge in [-0.05, 0) is 20.8 Å². The molecule has 0 saturated heterocycles. The Bertz CT molecular complexity index is 346. The minimum absolute atomic E-state index is 0.0252. The molecule has 1 aromatic heterocycles. The summed E-state index contributed by atoms with van der Waals surface area (Å²) in [5, 5.41) is 6.02. The number of aromatic nitrogens is 2. The van der Waals surface area contributed by atoms with Crippen molar-refractivity contribution in [1.82, 2.24) is 20.2 Å². The lowest BCUT2D eigenvalue weighted by atomic mass is 10.2. The lowest BCUT2D eigenvalue weighted by molar-refractivity contribution is -0.123. The molecule has 90 valence electrons. The molecule has 1 atom stereocenters. The number of nitrogens with zero attached hydrogens (tertiary/aromatic N) is 2. The molecule has 1 heterocycles. The Morgan fingerprint density at radius 2 is 2.19 bits per heavy atom. The fraction of sp³-hybridized carbons (Fsp3) is 0.636. The van der Waals surface area contributed by atoms with Crippen molar-refractivity contribution in [2.75, 3.05) is 0 Å². The van der Waals surface area contributed by atoms with Crippen LogP contribution in [0.2, 0.25) is 0 Å². The molecule has 0 aliphatic carbocycles. The second kappa shape index (κ2) is 5.65. The number of carbonyl (C=O) groups excluding carboxylic acids is 1. The Hall–Kier alpha value is -1.36. The Balaban J connectivity index is 2.38. The zero-order valence-electron chi connectivity index (χ0n) is 10.3. The average molecular weight is 224 g/mol. The molecule has 0 spiro atoms. The van der Waals surface area contributed by atoms with Crippen molar-refractivity contribution in [2.24, 2.45) is 7.05 Å². The highest BCUT2D eigenvalue weighted by molar-refractivity contribution is 5.81. The molecule has 1 aromatic rings. The molecule has 1 amide bonds. The van der Waals surface area contributed by atoms with Crippen LogP contribution in [0.4, 0.5) is 0 Å². The maximum absolute atomic E-state index is 11.6. The van der Waals surface area contributed by atoms with Gasteiger partial charge < -0.3 is 15.2 Å². The van der Waals surface area contributed by atoms with Gasteiger partial charge in [0.2, 0.25) is 5.91 Å². The van der Waals surface area contributed by atoms with Crippen LogP contribution < -0.4 is 10.6 Å². The Morgan fingerprint density at radius 1 is 1.50 bits per heavy atom. The van der Waals surface area contributed by atoms with E-state index in [4.69, 9.17) is 0 Å². The van der Waals surface area contributed by atoms with Gasteiger partial charge in [-0.1, -0.05) is 0 Å². The number of amides is 1. The van der Waals surface area contributed by atoms with E-state index in [0.29, 0.717) is 6.54 Å². The first-order chi connectivity index (χ1) is 7.50. The topological polar surface area (TPSA) is 59.0 Å². The summed E-state index contributed by atoms with van der Waals surface area (Å²) in [6.45, 7) is 6.40. The zero-order chi connectivity index (χ0) is 12.1. The summed E-state index contributed by atoms with van der Waals surface area (Å²) in [6, 6.07) is -0.0225. The standard InChI is InChI=1S/C11H20N4O/c1-8(2)14-11(16)9(3)13-6-10-5-12-7-15(10)4/h5,7-9,13H,6H2,1-4H3,(H,14,16). The number of aryl methyl sites for hydroxylation is 1. The molecule has 0 bridgehead atoms. The Kier molecular flexibility index (Phi) is 4.49. The van der Waals surface area contributed by atoms with Crippen molar-refractivity contribution in [2.45, 2.75) is 39.4 Å². The average Bonchev–Trinajstić information content (AvgIpc) is 2.59. The molecule has 0 aromatic carbocycles. The SMILES string of the molecule is CC(C)NC(=O)C(C)NCc1cncn1C. The van der Waals surface area contributed by atoms with Crippen molar-refractivity contribution in [3.63, 3.8) is 0 Å². The normalized spacial score (nSPS) is 12.8. The molecule has 16 heavy (non-hydrogen) atoms. The summed E-state index contributed by atoms with van der Waals surface area (Å²) in [7, 11) is 1.93. The summed E-state index contributed by atoms with van der Waals surface area (Å²) in [6.07, 6.45) is 3.54. The molecular weight excluding hydrogens is 204 g/mol. The summed E-state index contributed by atoms with van der Waals surface area (Å²) < 4.78 is 1.93. The largest absolute Gasteiger partial charge is 0.353 e. The van der Waals surface area contributed by atoms with E-state index in [1.165, 1.54) is 0 Å². The maximum Gasteiger partial charge on any atom is 0.237 e. The van der Waals surface area contributed by atoms with Gasteiger partial charge in [-0.2, -0.15) is 0 Å². The third-order valence-corrected chi connectivity index (χ3v) is 2.33. The molecule has 0 aliphatic heterocycles. The van der Waals surface area contributed by atoms with E-state index in [1.807, 2.05) is 32.4 Å². The van der Waals surface area contributed by atoms with Gasteiger partial charge in [0, 0.05) is 25.8 Å². The van der Waals surface area contributed by atoms with Crippen molar-refractivity contribution >= 4 is 5.91 Å². The minimum Gasteiger partial charge on any atom is -0.353 e. The highest BCUT2D eigenvalue weighted by Crippen LogP contribution is 1.96. The van der Waals surface area contributed by atoms with Gasteiger partial charge in [0.15, 0.2) is 0 Å². The van der Waals surface area contributed by atoms with Crippen LogP contribution in [0.3, 0.4) is 0 Å². The Labute approximate surface area is 96.3 Å². The summed E-state index contributed by atoms with van der Waals surface area (Å²) in [5.41, 5.74) is 1.06. The van der Waals surface area contributed by atoms with Crippen molar-refractivity contribution < 1.29 is 4.79 Å². The fourth-order valence-electron chi connectivity index (χ4n) is 1.31. The lowest BCUT2D eigenvalue weighted by Crippen LogP contribution is -2.44. The second-order valence-electron chi connectivity index (χ2n) is 4.26. The highest BCUT2D eigenvalue weighted by Gasteiger charge is 2.13. The van der Waals surface area contributed by atoms with Gasteiger partial charge in [0.25, 0.3) is 0 Å². The predicted molar refractivity (Wildman–Crippen MR) is 62.8 cm³/mol. The van der Waals surface area contributed by atoms with Crippen LogP contribution in [0.15, 0.2) is 12.5 Å². The van der Waals surface area contributed by atoms with Crippen LogP contribution in [0.5, 0.6) is 0 Å². The predicted octanol–water partition coefficient (Wildman–Crippen LogP) is 0.423. The first-order valence-electron chi connectivity index (χ1n) is 5.49. The van der Waals surface area contributed by atoms with E-state index in [-0.39, 0.29) is 18.0 Å². The molecule has 0 saturated carbocycles. The Morgan fingerprint density at radius 3 is 2.69 bits per heavy atom. The van der Waals surface area contributed by atoms with Gasteiger partial charge >= 0.3 is 0 Å². The van der Waals surface area contributed by atoms with Gasteiger partial charge in [0.05, 0.1) is 18.1 Å². The third-order valence-electron chi connectivity index (χ3n) is 2.33. The number of nitrogens with one attached hydrogen (secondary N) is 2. The van der Waals surface area contributed by atoms with Crippen LogP contribution in [0, 0.1) is 0 Å². The molecule has 1 rings (SSSR count). The van der Waals surface area contributed by atoms with E-state index < -0.39 is 0 Å². The minimum atomic E-state index is -0.197. The van der Waals surface area contributed by atoms with Gasteiger partial charge in [-0.25, -0.2) is 4.98 Å². The number of rotatable bonds is 5. The van der Waals surface area contributed by atoms with E-state index in [1.54, 1.807) is 12.5 Å². The second-order valence-corrected chi connectivity index (χ2v) is 4.26. The van der Waals surface area contributed by atoms with Crippen molar-refractivity contribution in [3.05, 3.63) is 18.2 Å². The molecule has 1 unspecified atom stereocenters. The van der Waals surface area contributed by atoms with Crippen LogP contribution >= 0.6 is 0 Å². The van der Waals surface area contributed by atoms with E-state index in [2.05, 4.69) is 15.6 Å². The first-order valence-corrected chi connectivity index (χ1v) is 5.49. The van der Waals surface area contributed by atoms with E-state index in [0.717, 1.165) is 5.69 Å². The summed E-state index contributed by atoms with van der Waals surface area (Å²) >= 11 is 0. The smallest absolute Gasteiger partial charge is 0.237 e. The summed E-state index contributed by atoms with van der Waals surface area (Å²) in [4.78, 5) is 15.6. The zero-order valence-corrected chi connectivity index (χ0v) is 10.3. The van der Waals surface area contributed by atoms with Crippen molar-refractivity contribution in [1.29, 1.82) is 0 Å². The van der Waals surface area contributed by atoms with E-state index in [9.17, 15) is 4.79 Å². The van der Waals surface area contributed by atoms with Gasteiger partial charge in [0.1, 0.15) is 0 Å². The molecule has 2 N–H and O–H groups in total. The molecular formula is C11H20N4O. The van der Waals surface area contributed by atoms with Gasteiger partial charge in [-0.15, -0.1) is 0 Å². The molecule has 5 nitrogen and oxygen atoms in total. The number of imidazole rings is 1. The highest BCUT2D eigenvalue weighted by atomic mass is 16.2. The first kappa shape index (κ1) is 12.7. The molecule has 5 heteroatoms. The molecule has 0 radical (unpaired) electrons.